The van der Waals surface area contributed by atoms with Crippen LogP contribution in [0.15, 0.2) is 0 Å². The second-order valence-corrected chi connectivity index (χ2v) is 1.06. The van der Waals surface area contributed by atoms with Gasteiger partial charge < -0.3 is 9.84 Å². The van der Waals surface area contributed by atoms with Crippen LogP contribution in [0.3, 0.4) is 0 Å². The molecule has 3 nitrogen and oxygen atoms in total. The van der Waals surface area contributed by atoms with Gasteiger partial charge in [-0.25, -0.2) is 0 Å². The van der Waals surface area contributed by atoms with E-state index in [-0.39, 0.29) is 68.1 Å². The Balaban J connectivity index is 0. The summed E-state index contributed by atoms with van der Waals surface area (Å²) in [5, 5.41) is 8.04. The van der Waals surface area contributed by atoms with Crippen molar-refractivity contribution in [1.82, 2.24) is 0 Å². The first-order chi connectivity index (χ1) is 3.27. The van der Waals surface area contributed by atoms with Gasteiger partial charge in [0.1, 0.15) is 6.61 Å². The third-order valence-corrected chi connectivity index (χ3v) is 0.397. The average Bonchev–Trinajstić information content (AvgIpc) is 1.61. The quantitative estimate of drug-likeness (QED) is 0.481. The monoisotopic (exact) mass is 244 g/mol. The Kier molecular flexibility index (Phi) is 11.8. The fraction of sp³-hybridized carbons (Fsp3) is 0.750. The molecule has 0 amide bonds. The molecule has 0 unspecified atom stereocenters. The summed E-state index contributed by atoms with van der Waals surface area (Å²) < 4.78 is 4.30. The molecule has 0 heterocycles. The number of rotatable bonds is 2. The van der Waals surface area contributed by atoms with Gasteiger partial charge in [-0.1, -0.05) is 0 Å². The van der Waals surface area contributed by atoms with E-state index in [9.17, 15) is 4.79 Å². The van der Waals surface area contributed by atoms with Gasteiger partial charge in [0.25, 0.3) is 0 Å². The Bertz CT molecular complexity index is 64.3. The van der Waals surface area contributed by atoms with Gasteiger partial charge in [-0.2, -0.15) is 0 Å². The molecule has 4 heteroatoms. The molecule has 46 valence electrons. The van der Waals surface area contributed by atoms with Crippen molar-refractivity contribution in [3.63, 3.8) is 0 Å². The molecule has 0 saturated heterocycles. The molecule has 0 aliphatic rings. The molecule has 8 heavy (non-hydrogen) atoms. The minimum atomic E-state index is -0.353. The van der Waals surface area contributed by atoms with Crippen LogP contribution >= 0.6 is 0 Å². The van der Waals surface area contributed by atoms with E-state index in [1.54, 1.807) is 0 Å². The van der Waals surface area contributed by atoms with Crippen LogP contribution in [-0.4, -0.2) is 73.2 Å². The number of carbonyl (C=O) groups excluding carboxylic acids is 1. The molecular weight excluding hydrogens is 233 g/mol. The molecule has 0 saturated carbocycles. The van der Waals surface area contributed by atoms with E-state index >= 15 is 0 Å². The van der Waals surface area contributed by atoms with Crippen LogP contribution in [0.1, 0.15) is 6.92 Å². The molecule has 0 fully saturated rings. The van der Waals surface area contributed by atoms with Gasteiger partial charge in [0, 0.05) is 6.92 Å². The zero-order valence-electron chi connectivity index (χ0n) is 4.18. The average molecular weight is 243 g/mol. The Morgan fingerprint density at radius 2 is 2.25 bits per heavy atom. The van der Waals surface area contributed by atoms with Gasteiger partial charge >= 0.3 is 54.9 Å². The first-order valence-corrected chi connectivity index (χ1v) is 2.01. The van der Waals surface area contributed by atoms with Crippen LogP contribution in [0, 0.1) is 0 Å². The van der Waals surface area contributed by atoms with Gasteiger partial charge in [0.15, 0.2) is 0 Å². The van der Waals surface area contributed by atoms with Gasteiger partial charge in [0.2, 0.25) is 0 Å². The third kappa shape index (κ3) is 10.1. The molecular formula is C4H10BaO3. The maximum atomic E-state index is 9.87. The zero-order valence-corrected chi connectivity index (χ0v) is 4.18. The third-order valence-electron chi connectivity index (χ3n) is 0.397. The molecule has 0 atom stereocenters. The fourth-order valence-electron chi connectivity index (χ4n) is 0.189. The van der Waals surface area contributed by atoms with E-state index < -0.39 is 0 Å². The van der Waals surface area contributed by atoms with Crippen molar-refractivity contribution in [3.05, 3.63) is 0 Å². The van der Waals surface area contributed by atoms with Crippen molar-refractivity contribution in [2.45, 2.75) is 6.92 Å². The van der Waals surface area contributed by atoms with Gasteiger partial charge in [-0.05, 0) is 0 Å². The zero-order chi connectivity index (χ0) is 5.70. The van der Waals surface area contributed by atoms with E-state index in [1.807, 2.05) is 0 Å². The van der Waals surface area contributed by atoms with Crippen molar-refractivity contribution in [1.29, 1.82) is 0 Å². The fourth-order valence-corrected chi connectivity index (χ4v) is 0.189. The Labute approximate surface area is 88.5 Å². The van der Waals surface area contributed by atoms with Crippen molar-refractivity contribution in [3.8, 4) is 0 Å². The van der Waals surface area contributed by atoms with E-state index in [1.165, 1.54) is 6.92 Å². The summed E-state index contributed by atoms with van der Waals surface area (Å²) in [6, 6.07) is 0. The summed E-state index contributed by atoms with van der Waals surface area (Å²) in [6.45, 7) is 1.31. The van der Waals surface area contributed by atoms with Crippen molar-refractivity contribution < 1.29 is 14.6 Å². The van der Waals surface area contributed by atoms with Crippen LogP contribution in [0.4, 0.5) is 0 Å². The molecule has 0 aromatic rings. The van der Waals surface area contributed by atoms with Crippen molar-refractivity contribution in [2.24, 2.45) is 0 Å². The van der Waals surface area contributed by atoms with Crippen LogP contribution in [0.2, 0.25) is 0 Å². The summed E-state index contributed by atoms with van der Waals surface area (Å²) in [5.74, 6) is -0.353. The Morgan fingerprint density at radius 1 is 1.75 bits per heavy atom. The van der Waals surface area contributed by atoms with E-state index in [0.29, 0.717) is 0 Å². The first kappa shape index (κ1) is 11.8. The minimum absolute atomic E-state index is 0. The number of esters is 1. The number of carbonyl (C=O) groups is 1. The topological polar surface area (TPSA) is 46.5 Å². The standard InChI is InChI=1S/C4H8O3.Ba.2H/c1-4(6)7-3-2-5;;;/h5H,2-3H2,1H3;;;. The first-order valence-electron chi connectivity index (χ1n) is 2.01. The van der Waals surface area contributed by atoms with Gasteiger partial charge in [-0.3, -0.25) is 4.79 Å². The molecule has 0 rings (SSSR count). The number of ether oxygens (including phenoxy) is 1. The molecule has 0 radical (unpaired) electrons. The predicted molar refractivity (Wildman–Crippen MR) is 32.3 cm³/mol. The van der Waals surface area contributed by atoms with Crippen LogP contribution < -0.4 is 0 Å². The summed E-state index contributed by atoms with van der Waals surface area (Å²) in [4.78, 5) is 9.87. The molecule has 0 aliphatic heterocycles. The maximum absolute atomic E-state index is 9.87. The van der Waals surface area contributed by atoms with Crippen LogP contribution in [0.5, 0.6) is 0 Å². The second kappa shape index (κ2) is 8.00. The van der Waals surface area contributed by atoms with Crippen LogP contribution in [0.25, 0.3) is 0 Å². The van der Waals surface area contributed by atoms with E-state index in [2.05, 4.69) is 4.74 Å². The predicted octanol–water partition coefficient (Wildman–Crippen LogP) is -1.37. The Morgan fingerprint density at radius 3 is 2.38 bits per heavy atom. The van der Waals surface area contributed by atoms with E-state index in [4.69, 9.17) is 5.11 Å². The SMILES string of the molecule is CC(=O)OCCO.[BaH2]. The molecule has 0 spiro atoms. The van der Waals surface area contributed by atoms with Crippen molar-refractivity contribution in [2.75, 3.05) is 13.2 Å². The molecule has 0 aromatic carbocycles. The summed E-state index contributed by atoms with van der Waals surface area (Å²) in [7, 11) is 0. The molecule has 1 N–H and O–H groups in total. The Hall–Kier alpha value is 1.00. The summed E-state index contributed by atoms with van der Waals surface area (Å²) in [6.07, 6.45) is 0. The molecule has 0 aliphatic carbocycles. The second-order valence-electron chi connectivity index (χ2n) is 1.06. The van der Waals surface area contributed by atoms with E-state index in [0.717, 1.165) is 0 Å². The van der Waals surface area contributed by atoms with Crippen LogP contribution in [-0.2, 0) is 9.53 Å². The molecule has 0 bridgehead atoms. The normalized spacial score (nSPS) is 7.25. The number of aliphatic hydroxyl groups excluding tert-OH is 1. The van der Waals surface area contributed by atoms with Gasteiger partial charge in [0.05, 0.1) is 6.61 Å². The van der Waals surface area contributed by atoms with Gasteiger partial charge in [-0.15, -0.1) is 0 Å². The molecule has 0 aromatic heterocycles. The summed E-state index contributed by atoms with van der Waals surface area (Å²) >= 11 is 0. The number of aliphatic hydroxyl groups is 1. The van der Waals surface area contributed by atoms with Crippen molar-refractivity contribution >= 4 is 54.9 Å². The number of hydrogen-bond acceptors (Lipinski definition) is 3. The summed E-state index contributed by atoms with van der Waals surface area (Å²) in [5.41, 5.74) is 0. The number of hydrogen-bond donors (Lipinski definition) is 1.